The fraction of sp³-hybridized carbons (Fsp3) is 0.458. The van der Waals surface area contributed by atoms with Gasteiger partial charge in [0.2, 0.25) is 0 Å². The molecule has 2 heterocycles. The highest BCUT2D eigenvalue weighted by Gasteiger charge is 2.36. The average molecular weight is 443 g/mol. The van der Waals surface area contributed by atoms with Crippen LogP contribution in [0.3, 0.4) is 0 Å². The Morgan fingerprint density at radius 2 is 2.00 bits per heavy atom. The third-order valence-corrected chi connectivity index (χ3v) is 5.73. The van der Waals surface area contributed by atoms with Crippen molar-refractivity contribution in [3.05, 3.63) is 65.0 Å². The normalized spacial score (nSPS) is 18.4. The Labute approximate surface area is 188 Å². The van der Waals surface area contributed by atoms with Gasteiger partial charge in [-0.15, -0.1) is 0 Å². The molecule has 0 radical (unpaired) electrons. The molecule has 2 aromatic rings. The summed E-state index contributed by atoms with van der Waals surface area (Å²) in [5.74, 6) is -0.235. The van der Waals surface area contributed by atoms with Crippen molar-refractivity contribution in [1.29, 1.82) is 0 Å². The maximum Gasteiger partial charge on any atom is 0.407 e. The molecule has 1 aliphatic rings. The molecule has 8 heteroatoms. The van der Waals surface area contributed by atoms with E-state index in [1.807, 2.05) is 36.4 Å². The zero-order valence-electron chi connectivity index (χ0n) is 18.4. The van der Waals surface area contributed by atoms with Crippen LogP contribution in [0.5, 0.6) is 0 Å². The molecule has 0 aliphatic carbocycles. The van der Waals surface area contributed by atoms with Crippen molar-refractivity contribution in [3.63, 3.8) is 0 Å². The number of carbonyl (C=O) groups excluding carboxylic acids is 1. The van der Waals surface area contributed by atoms with Gasteiger partial charge in [0.25, 0.3) is 5.91 Å². The summed E-state index contributed by atoms with van der Waals surface area (Å²) in [5.41, 5.74) is 1.78. The molecule has 32 heavy (non-hydrogen) atoms. The largest absolute Gasteiger partial charge is 0.465 e. The molecule has 7 nitrogen and oxygen atoms in total. The van der Waals surface area contributed by atoms with Crippen LogP contribution in [0.4, 0.5) is 9.18 Å². The number of alkyl halides is 1. The molecule has 1 atom stereocenters. The van der Waals surface area contributed by atoms with Gasteiger partial charge in [-0.05, 0) is 55.5 Å². The SMILES string of the molecule is CNC(=O)c1cc(CNCCCC2(F)CCCN(C(=O)O)C2)cc(Cc2ccccc2)n1. The van der Waals surface area contributed by atoms with Gasteiger partial charge in [-0.2, -0.15) is 0 Å². The molecule has 3 N–H and O–H groups in total. The average Bonchev–Trinajstić information content (AvgIpc) is 2.78. The Hall–Kier alpha value is -3.00. The van der Waals surface area contributed by atoms with Gasteiger partial charge in [-0.25, -0.2) is 14.2 Å². The van der Waals surface area contributed by atoms with Gasteiger partial charge in [-0.1, -0.05) is 30.3 Å². The number of pyridine rings is 1. The predicted molar refractivity (Wildman–Crippen MR) is 120 cm³/mol. The maximum absolute atomic E-state index is 15.0. The number of hydrogen-bond donors (Lipinski definition) is 3. The van der Waals surface area contributed by atoms with Crippen molar-refractivity contribution in [2.24, 2.45) is 0 Å². The Kier molecular flexibility index (Phi) is 8.16. The first-order valence-electron chi connectivity index (χ1n) is 11.0. The van der Waals surface area contributed by atoms with E-state index in [0.717, 1.165) is 16.8 Å². The summed E-state index contributed by atoms with van der Waals surface area (Å²) in [6, 6.07) is 13.7. The van der Waals surface area contributed by atoms with Gasteiger partial charge >= 0.3 is 6.09 Å². The van der Waals surface area contributed by atoms with Crippen LogP contribution in [0.2, 0.25) is 0 Å². The lowest BCUT2D eigenvalue weighted by molar-refractivity contribution is 0.0379. The molecule has 172 valence electrons. The number of carbonyl (C=O) groups is 2. The van der Waals surface area contributed by atoms with E-state index < -0.39 is 11.8 Å². The van der Waals surface area contributed by atoms with Crippen LogP contribution >= 0.6 is 0 Å². The van der Waals surface area contributed by atoms with Crippen molar-refractivity contribution in [1.82, 2.24) is 20.5 Å². The Balaban J connectivity index is 1.55. The van der Waals surface area contributed by atoms with Crippen molar-refractivity contribution in [2.75, 3.05) is 26.7 Å². The molecule has 2 amide bonds. The standard InChI is InChI=1S/C24H31FN4O3/c1-26-22(30)21-15-19(14-20(28-21)13-18-7-3-2-4-8-18)16-27-11-5-9-24(25)10-6-12-29(17-24)23(31)32/h2-4,7-8,14-15,27H,5-6,9-13,16-17H2,1H3,(H,26,30)(H,31,32). The van der Waals surface area contributed by atoms with Crippen LogP contribution in [0, 0.1) is 0 Å². The summed E-state index contributed by atoms with van der Waals surface area (Å²) >= 11 is 0. The van der Waals surface area contributed by atoms with Crippen molar-refractivity contribution in [2.45, 2.75) is 44.3 Å². The monoisotopic (exact) mass is 442 g/mol. The summed E-state index contributed by atoms with van der Waals surface area (Å²) in [6.07, 6.45) is 1.46. The third kappa shape index (κ3) is 6.75. The lowest BCUT2D eigenvalue weighted by atomic mass is 9.90. The number of nitrogens with one attached hydrogen (secondary N) is 2. The van der Waals surface area contributed by atoms with Gasteiger partial charge in [0.05, 0.1) is 6.54 Å². The molecule has 1 aromatic heterocycles. The quantitative estimate of drug-likeness (QED) is 0.518. The molecule has 0 bridgehead atoms. The van der Waals surface area contributed by atoms with Crippen LogP contribution in [0.1, 0.15) is 53.0 Å². The van der Waals surface area contributed by atoms with E-state index in [9.17, 15) is 14.0 Å². The number of carboxylic acid groups (broad SMARTS) is 1. The van der Waals surface area contributed by atoms with E-state index in [2.05, 4.69) is 15.6 Å². The molecule has 0 spiro atoms. The third-order valence-electron chi connectivity index (χ3n) is 5.73. The lowest BCUT2D eigenvalue weighted by Crippen LogP contribution is -2.47. The number of rotatable bonds is 9. The number of amides is 2. The van der Waals surface area contributed by atoms with Gasteiger partial charge < -0.3 is 20.6 Å². The minimum Gasteiger partial charge on any atom is -0.465 e. The van der Waals surface area contributed by atoms with E-state index >= 15 is 0 Å². The summed E-state index contributed by atoms with van der Waals surface area (Å²) < 4.78 is 15.0. The molecular weight excluding hydrogens is 411 g/mol. The van der Waals surface area contributed by atoms with E-state index in [4.69, 9.17) is 5.11 Å². The number of aromatic nitrogens is 1. The second-order valence-electron chi connectivity index (χ2n) is 8.33. The van der Waals surface area contributed by atoms with Crippen LogP contribution in [-0.2, 0) is 13.0 Å². The topological polar surface area (TPSA) is 94.6 Å². The zero-order valence-corrected chi connectivity index (χ0v) is 18.4. The Morgan fingerprint density at radius 3 is 2.72 bits per heavy atom. The number of nitrogens with zero attached hydrogens (tertiary/aromatic N) is 2. The number of benzene rings is 1. The van der Waals surface area contributed by atoms with E-state index in [-0.39, 0.29) is 12.5 Å². The fourth-order valence-electron chi connectivity index (χ4n) is 4.11. The second kappa shape index (κ2) is 11.0. The summed E-state index contributed by atoms with van der Waals surface area (Å²) in [4.78, 5) is 28.9. The van der Waals surface area contributed by atoms with Crippen LogP contribution in [-0.4, -0.2) is 59.3 Å². The summed E-state index contributed by atoms with van der Waals surface area (Å²) in [7, 11) is 1.58. The van der Waals surface area contributed by atoms with Crippen molar-refractivity contribution in [3.8, 4) is 0 Å². The second-order valence-corrected chi connectivity index (χ2v) is 8.33. The molecule has 1 unspecified atom stereocenters. The highest BCUT2D eigenvalue weighted by atomic mass is 19.1. The van der Waals surface area contributed by atoms with Crippen molar-refractivity contribution < 1.29 is 19.1 Å². The molecule has 1 aromatic carbocycles. The van der Waals surface area contributed by atoms with E-state index in [0.29, 0.717) is 57.4 Å². The lowest BCUT2D eigenvalue weighted by Gasteiger charge is -2.36. The van der Waals surface area contributed by atoms with E-state index in [1.54, 1.807) is 13.1 Å². The first-order valence-corrected chi connectivity index (χ1v) is 11.0. The molecule has 1 saturated heterocycles. The number of piperidine rings is 1. The molecule has 0 saturated carbocycles. The Morgan fingerprint density at radius 1 is 1.22 bits per heavy atom. The molecule has 1 aliphatic heterocycles. The zero-order chi connectivity index (χ0) is 23.0. The molecular formula is C24H31FN4O3. The van der Waals surface area contributed by atoms with Gasteiger partial charge in [0, 0.05) is 32.3 Å². The first-order chi connectivity index (χ1) is 15.4. The minimum atomic E-state index is -1.45. The minimum absolute atomic E-state index is 0.0506. The number of likely N-dealkylation sites (tertiary alicyclic amines) is 1. The van der Waals surface area contributed by atoms with Crippen LogP contribution in [0.25, 0.3) is 0 Å². The molecule has 1 fully saturated rings. The predicted octanol–water partition coefficient (Wildman–Crippen LogP) is 3.38. The van der Waals surface area contributed by atoms with Crippen molar-refractivity contribution >= 4 is 12.0 Å². The van der Waals surface area contributed by atoms with Gasteiger partial charge in [0.15, 0.2) is 0 Å². The van der Waals surface area contributed by atoms with Gasteiger partial charge in [0.1, 0.15) is 11.4 Å². The summed E-state index contributed by atoms with van der Waals surface area (Å²) in [5, 5.41) is 15.0. The maximum atomic E-state index is 15.0. The molecule has 3 rings (SSSR count). The van der Waals surface area contributed by atoms with E-state index in [1.165, 1.54) is 4.90 Å². The first kappa shape index (κ1) is 23.7. The fourth-order valence-corrected chi connectivity index (χ4v) is 4.11. The number of halogens is 1. The van der Waals surface area contributed by atoms with Crippen LogP contribution in [0.15, 0.2) is 42.5 Å². The number of hydrogen-bond acceptors (Lipinski definition) is 4. The van der Waals surface area contributed by atoms with Crippen LogP contribution < -0.4 is 10.6 Å². The Bertz CT molecular complexity index is 925. The highest BCUT2D eigenvalue weighted by Crippen LogP contribution is 2.29. The summed E-state index contributed by atoms with van der Waals surface area (Å²) in [6.45, 7) is 1.49. The highest BCUT2D eigenvalue weighted by molar-refractivity contribution is 5.92. The smallest absolute Gasteiger partial charge is 0.407 e. The van der Waals surface area contributed by atoms with Gasteiger partial charge in [-0.3, -0.25) is 4.79 Å².